The maximum atomic E-state index is 13.3. The number of carboxylic acid groups (broad SMARTS) is 1. The van der Waals surface area contributed by atoms with E-state index in [1.807, 2.05) is 37.3 Å². The number of hydrogen-bond donors (Lipinski definition) is 5. The maximum absolute atomic E-state index is 13.3. The Morgan fingerprint density at radius 1 is 1.07 bits per heavy atom. The lowest BCUT2D eigenvalue weighted by Crippen LogP contribution is -2.54. The molecule has 0 aliphatic carbocycles. The molecule has 2 aromatic carbocycles. The number of unbranched alkanes of at least 4 members (excludes halogenated alkanes) is 1. The Kier molecular flexibility index (Phi) is 12.2. The van der Waals surface area contributed by atoms with Crippen LogP contribution in [-0.2, 0) is 20.6 Å². The molecule has 2 heterocycles. The van der Waals surface area contributed by atoms with Gasteiger partial charge < -0.3 is 30.4 Å². The molecule has 11 nitrogen and oxygen atoms in total. The topological polar surface area (TPSA) is 169 Å². The van der Waals surface area contributed by atoms with Gasteiger partial charge in [0.1, 0.15) is 16.7 Å². The van der Waals surface area contributed by atoms with Crippen molar-refractivity contribution in [2.24, 2.45) is 0 Å². The highest BCUT2D eigenvalue weighted by Gasteiger charge is 2.28. The van der Waals surface area contributed by atoms with Gasteiger partial charge >= 0.3 is 13.6 Å². The molecule has 1 aliphatic heterocycles. The van der Waals surface area contributed by atoms with Crippen LogP contribution in [0, 0.1) is 0 Å². The van der Waals surface area contributed by atoms with E-state index in [4.69, 9.17) is 5.11 Å². The summed E-state index contributed by atoms with van der Waals surface area (Å²) in [6.07, 6.45) is 2.27. The van der Waals surface area contributed by atoms with Crippen LogP contribution in [0.15, 0.2) is 60.0 Å². The zero-order valence-corrected chi connectivity index (χ0v) is 24.4. The van der Waals surface area contributed by atoms with Crippen molar-refractivity contribution < 1.29 is 33.8 Å². The summed E-state index contributed by atoms with van der Waals surface area (Å²) in [6, 6.07) is 14.5. The molecule has 0 bridgehead atoms. The van der Waals surface area contributed by atoms with E-state index in [1.165, 1.54) is 23.5 Å². The molecule has 3 aromatic rings. The van der Waals surface area contributed by atoms with Crippen molar-refractivity contribution in [1.82, 2.24) is 20.5 Å². The number of benzene rings is 2. The van der Waals surface area contributed by atoms with Crippen LogP contribution in [-0.4, -0.2) is 74.8 Å². The average molecular weight is 603 g/mol. The van der Waals surface area contributed by atoms with Gasteiger partial charge in [-0.15, -0.1) is 11.3 Å². The van der Waals surface area contributed by atoms with Crippen LogP contribution in [0.3, 0.4) is 0 Å². The van der Waals surface area contributed by atoms with Gasteiger partial charge in [-0.05, 0) is 24.1 Å². The molecule has 41 heavy (non-hydrogen) atoms. The molecular formula is C28H35N4O7PS. The van der Waals surface area contributed by atoms with E-state index in [0.29, 0.717) is 43.2 Å². The molecule has 1 aliphatic rings. The summed E-state index contributed by atoms with van der Waals surface area (Å²) in [5.41, 5.74) is 1.82. The molecule has 2 amide bonds. The van der Waals surface area contributed by atoms with Crippen LogP contribution in [0.4, 0.5) is 0 Å². The minimum Gasteiger partial charge on any atom is -0.481 e. The number of nitrogens with one attached hydrogen (secondary N) is 2. The number of amides is 2. The van der Waals surface area contributed by atoms with Crippen molar-refractivity contribution in [3.05, 3.63) is 71.2 Å². The second-order valence-corrected chi connectivity index (χ2v) is 11.9. The monoisotopic (exact) mass is 602 g/mol. The van der Waals surface area contributed by atoms with Crippen molar-refractivity contribution in [2.45, 2.75) is 38.6 Å². The van der Waals surface area contributed by atoms with E-state index < -0.39 is 25.5 Å². The summed E-state index contributed by atoms with van der Waals surface area (Å²) >= 11 is 1.35. The molecule has 220 valence electrons. The van der Waals surface area contributed by atoms with Crippen molar-refractivity contribution in [3.8, 4) is 10.6 Å². The Morgan fingerprint density at radius 2 is 1.73 bits per heavy atom. The normalized spacial score (nSPS) is 14.0. The number of nitrogens with zero attached hydrogens (tertiary/aromatic N) is 2. The Hall–Kier alpha value is -3.41. The number of aliphatic carboxylic acids is 1. The molecule has 1 unspecified atom stereocenters. The van der Waals surface area contributed by atoms with E-state index in [2.05, 4.69) is 15.6 Å². The largest absolute Gasteiger partial charge is 0.481 e. The second kappa shape index (κ2) is 15.6. The Bertz CT molecular complexity index is 1340. The highest BCUT2D eigenvalue weighted by molar-refractivity contribution is 7.60. The minimum atomic E-state index is -4.36. The van der Waals surface area contributed by atoms with E-state index in [-0.39, 0.29) is 23.3 Å². The zero-order chi connectivity index (χ0) is 29.8. The first-order valence-electron chi connectivity index (χ1n) is 13.3. The van der Waals surface area contributed by atoms with E-state index in [9.17, 15) is 28.7 Å². The molecule has 1 saturated heterocycles. The van der Waals surface area contributed by atoms with Gasteiger partial charge in [-0.3, -0.25) is 18.9 Å². The number of carbonyl (C=O) groups is 3. The minimum absolute atomic E-state index is 0.0961. The van der Waals surface area contributed by atoms with Crippen LogP contribution in [0.2, 0.25) is 0 Å². The van der Waals surface area contributed by atoms with Crippen molar-refractivity contribution in [3.63, 3.8) is 0 Å². The molecular weight excluding hydrogens is 567 g/mol. The highest BCUT2D eigenvalue weighted by atomic mass is 32.1. The predicted molar refractivity (Wildman–Crippen MR) is 157 cm³/mol. The van der Waals surface area contributed by atoms with Crippen LogP contribution in [0.1, 0.15) is 42.2 Å². The fourth-order valence-electron chi connectivity index (χ4n) is 4.02. The van der Waals surface area contributed by atoms with Gasteiger partial charge in [0.2, 0.25) is 5.91 Å². The summed E-state index contributed by atoms with van der Waals surface area (Å²) in [5.74, 6) is -1.34. The number of thiazole rings is 1. The quantitative estimate of drug-likeness (QED) is 0.219. The molecule has 0 radical (unpaired) electrons. The number of piperazine rings is 1. The van der Waals surface area contributed by atoms with E-state index in [1.54, 1.807) is 22.4 Å². The third kappa shape index (κ3) is 10.2. The summed E-state index contributed by atoms with van der Waals surface area (Å²) in [4.78, 5) is 60.8. The van der Waals surface area contributed by atoms with Crippen LogP contribution < -0.4 is 15.9 Å². The summed E-state index contributed by atoms with van der Waals surface area (Å²) in [6.45, 7) is 4.41. The number of hydrogen-bond acceptors (Lipinski definition) is 7. The lowest BCUT2D eigenvalue weighted by atomic mass is 10.0. The van der Waals surface area contributed by atoms with Crippen molar-refractivity contribution in [1.29, 1.82) is 0 Å². The van der Waals surface area contributed by atoms with Crippen LogP contribution in [0.5, 0.6) is 0 Å². The number of carbonyl (C=O) groups excluding carboxylic acids is 2. The van der Waals surface area contributed by atoms with Gasteiger partial charge in [0.15, 0.2) is 0 Å². The Balaban J connectivity index is 0.000000587. The van der Waals surface area contributed by atoms with Gasteiger partial charge in [0, 0.05) is 50.0 Å². The smallest absolute Gasteiger partial charge is 0.356 e. The average Bonchev–Trinajstić information content (AvgIpc) is 3.47. The molecule has 0 saturated carbocycles. The molecule has 1 fully saturated rings. The first-order chi connectivity index (χ1) is 19.6. The van der Waals surface area contributed by atoms with E-state index in [0.717, 1.165) is 18.4 Å². The fraction of sp³-hybridized carbons (Fsp3) is 0.357. The lowest BCUT2D eigenvalue weighted by Gasteiger charge is -2.31. The first kappa shape index (κ1) is 32.1. The zero-order valence-electron chi connectivity index (χ0n) is 22.7. The highest BCUT2D eigenvalue weighted by Crippen LogP contribution is 2.33. The molecule has 13 heteroatoms. The molecule has 0 spiro atoms. The SMILES string of the molecule is CCCCC(=O)O.O=C(NC(Cc1ccc(P(=O)(O)O)cc1)C(=O)N1CCNCC1)c1csc(-c2ccccc2)n1. The third-order valence-corrected chi connectivity index (χ3v) is 8.11. The molecule has 4 rings (SSSR count). The Labute approximate surface area is 242 Å². The lowest BCUT2D eigenvalue weighted by molar-refractivity contribution is -0.137. The van der Waals surface area contributed by atoms with Gasteiger partial charge in [0.05, 0.1) is 5.30 Å². The van der Waals surface area contributed by atoms with Gasteiger partial charge in [-0.2, -0.15) is 0 Å². The maximum Gasteiger partial charge on any atom is 0.356 e. The van der Waals surface area contributed by atoms with E-state index >= 15 is 0 Å². The van der Waals surface area contributed by atoms with Crippen LogP contribution in [0.25, 0.3) is 10.6 Å². The summed E-state index contributed by atoms with van der Waals surface area (Å²) in [7, 11) is -4.36. The standard InChI is InChI=1S/C23H25N4O5PS.C5H10O2/c28-21(20-15-34-22(26-20)17-4-2-1-3-5-17)25-19(23(29)27-12-10-24-11-13-27)14-16-6-8-18(9-7-16)33(30,31)32;1-2-3-4-5(6)7/h1-9,15,19,24H,10-14H2,(H,25,28)(H2,30,31,32);2-4H2,1H3,(H,6,7). The van der Waals surface area contributed by atoms with Crippen molar-refractivity contribution in [2.75, 3.05) is 26.2 Å². The van der Waals surface area contributed by atoms with Crippen LogP contribution >= 0.6 is 18.9 Å². The number of aromatic nitrogens is 1. The van der Waals surface area contributed by atoms with Crippen molar-refractivity contribution >= 4 is 42.0 Å². The summed E-state index contributed by atoms with van der Waals surface area (Å²) < 4.78 is 11.5. The number of rotatable bonds is 10. The first-order valence-corrected chi connectivity index (χ1v) is 15.8. The number of carboxylic acids is 1. The second-order valence-electron chi connectivity index (χ2n) is 9.42. The third-order valence-electron chi connectivity index (χ3n) is 6.25. The molecule has 1 aromatic heterocycles. The van der Waals surface area contributed by atoms with Gasteiger partial charge in [-0.25, -0.2) is 4.98 Å². The predicted octanol–water partition coefficient (Wildman–Crippen LogP) is 2.65. The van der Waals surface area contributed by atoms with Gasteiger partial charge in [-0.1, -0.05) is 55.8 Å². The van der Waals surface area contributed by atoms with Gasteiger partial charge in [0.25, 0.3) is 5.91 Å². The Morgan fingerprint density at radius 3 is 2.29 bits per heavy atom. The molecule has 5 N–H and O–H groups in total. The fourth-order valence-corrected chi connectivity index (χ4v) is 5.36. The summed E-state index contributed by atoms with van der Waals surface area (Å²) in [5, 5.41) is 16.4. The molecule has 1 atom stereocenters.